The second-order valence-corrected chi connectivity index (χ2v) is 9.90. The first-order valence-electron chi connectivity index (χ1n) is 7.55. The lowest BCUT2D eigenvalue weighted by Crippen LogP contribution is -2.33. The van der Waals surface area contributed by atoms with E-state index in [0.717, 1.165) is 11.8 Å². The van der Waals surface area contributed by atoms with Crippen molar-refractivity contribution in [1.29, 1.82) is 0 Å². The Morgan fingerprint density at radius 1 is 0.792 bits per heavy atom. The van der Waals surface area contributed by atoms with Gasteiger partial charge in [-0.05, 0) is 24.1 Å². The molecule has 0 heterocycles. The van der Waals surface area contributed by atoms with Gasteiger partial charge in [-0.1, -0.05) is 48.5 Å². The number of anilines is 1. The highest BCUT2D eigenvalue weighted by Gasteiger charge is 2.23. The molecule has 5 nitrogen and oxygen atoms in total. The van der Waals surface area contributed by atoms with E-state index in [0.29, 0.717) is 5.69 Å². The molecule has 2 aromatic rings. The first-order chi connectivity index (χ1) is 11.3. The molecule has 0 bridgehead atoms. The van der Waals surface area contributed by atoms with Crippen LogP contribution in [0.4, 0.5) is 5.69 Å². The van der Waals surface area contributed by atoms with Crippen molar-refractivity contribution in [3.05, 3.63) is 66.2 Å². The topological polar surface area (TPSA) is 71.5 Å². The minimum atomic E-state index is -3.63. The molecular formula is C17H21NO4S2. The van der Waals surface area contributed by atoms with E-state index in [4.69, 9.17) is 0 Å². The fraction of sp³-hybridized carbons (Fsp3) is 0.294. The van der Waals surface area contributed by atoms with Crippen LogP contribution in [0.25, 0.3) is 0 Å². The summed E-state index contributed by atoms with van der Waals surface area (Å²) in [6.45, 7) is 0.214. The van der Waals surface area contributed by atoms with E-state index in [1.165, 1.54) is 4.31 Å². The Morgan fingerprint density at radius 3 is 1.88 bits per heavy atom. The summed E-state index contributed by atoms with van der Waals surface area (Å²) in [7, 11) is -6.81. The van der Waals surface area contributed by atoms with Crippen molar-refractivity contribution in [3.8, 4) is 0 Å². The maximum absolute atomic E-state index is 12.8. The summed E-state index contributed by atoms with van der Waals surface area (Å²) in [5, 5.41) is 0. The molecule has 2 rings (SSSR count). The molecule has 24 heavy (non-hydrogen) atoms. The lowest BCUT2D eigenvalue weighted by Gasteiger charge is -2.24. The quantitative estimate of drug-likeness (QED) is 0.718. The van der Waals surface area contributed by atoms with E-state index in [-0.39, 0.29) is 24.5 Å². The van der Waals surface area contributed by atoms with Crippen LogP contribution in [-0.4, -0.2) is 34.6 Å². The van der Waals surface area contributed by atoms with Gasteiger partial charge in [-0.15, -0.1) is 0 Å². The van der Waals surface area contributed by atoms with Crippen LogP contribution >= 0.6 is 0 Å². The van der Waals surface area contributed by atoms with Crippen LogP contribution in [0.5, 0.6) is 0 Å². The summed E-state index contributed by atoms with van der Waals surface area (Å²) in [4.78, 5) is 0. The Morgan fingerprint density at radius 2 is 1.33 bits per heavy atom. The number of sulfonamides is 1. The molecule has 0 aliphatic heterocycles. The number of rotatable bonds is 8. The summed E-state index contributed by atoms with van der Waals surface area (Å²) < 4.78 is 49.3. The van der Waals surface area contributed by atoms with Gasteiger partial charge in [-0.3, -0.25) is 4.31 Å². The fourth-order valence-corrected chi connectivity index (χ4v) is 4.68. The molecule has 0 saturated carbocycles. The molecule has 0 spiro atoms. The van der Waals surface area contributed by atoms with Crippen molar-refractivity contribution in [2.45, 2.75) is 13.0 Å². The zero-order chi connectivity index (χ0) is 17.6. The number of sulfone groups is 1. The maximum Gasteiger partial charge on any atom is 0.235 e. The normalized spacial score (nSPS) is 12.0. The maximum atomic E-state index is 12.8. The zero-order valence-corrected chi connectivity index (χ0v) is 15.1. The largest absolute Gasteiger partial charge is 0.266 e. The molecule has 0 unspecified atom stereocenters. The fourth-order valence-electron chi connectivity index (χ4n) is 2.31. The van der Waals surface area contributed by atoms with E-state index in [9.17, 15) is 16.8 Å². The molecule has 130 valence electrons. The molecular weight excluding hydrogens is 346 g/mol. The SMILES string of the molecule is CS(=O)(=O)CCCS(=O)(=O)N(Cc1ccccc1)c1ccccc1. The first-order valence-corrected chi connectivity index (χ1v) is 11.2. The highest BCUT2D eigenvalue weighted by Crippen LogP contribution is 2.21. The number of para-hydroxylation sites is 1. The molecule has 0 aliphatic carbocycles. The molecule has 0 saturated heterocycles. The monoisotopic (exact) mass is 367 g/mol. The van der Waals surface area contributed by atoms with Gasteiger partial charge in [0, 0.05) is 6.26 Å². The minimum absolute atomic E-state index is 0.0826. The molecule has 0 radical (unpaired) electrons. The van der Waals surface area contributed by atoms with Crippen molar-refractivity contribution in [2.24, 2.45) is 0 Å². The Bertz CT molecular complexity index is 848. The lowest BCUT2D eigenvalue weighted by atomic mass is 10.2. The number of hydrogen-bond acceptors (Lipinski definition) is 4. The third kappa shape index (κ3) is 5.65. The molecule has 2 aromatic carbocycles. The van der Waals surface area contributed by atoms with E-state index in [1.807, 2.05) is 36.4 Å². The first kappa shape index (κ1) is 18.5. The molecule has 0 fully saturated rings. The molecule has 0 atom stereocenters. The third-order valence-corrected chi connectivity index (χ3v) is 6.31. The van der Waals surface area contributed by atoms with Gasteiger partial charge in [0.1, 0.15) is 9.84 Å². The standard InChI is InChI=1S/C17H21NO4S2/c1-23(19,20)13-8-14-24(21,22)18(17-11-6-3-7-12-17)15-16-9-4-2-5-10-16/h2-7,9-12H,8,13-15H2,1H3. The Kier molecular flexibility index (Phi) is 6.01. The highest BCUT2D eigenvalue weighted by molar-refractivity contribution is 7.93. The van der Waals surface area contributed by atoms with Gasteiger partial charge in [0.25, 0.3) is 0 Å². The van der Waals surface area contributed by atoms with Crippen LogP contribution in [0.15, 0.2) is 60.7 Å². The van der Waals surface area contributed by atoms with Crippen molar-refractivity contribution < 1.29 is 16.8 Å². The van der Waals surface area contributed by atoms with Crippen molar-refractivity contribution in [2.75, 3.05) is 22.1 Å². The van der Waals surface area contributed by atoms with Gasteiger partial charge in [0.15, 0.2) is 0 Å². The summed E-state index contributed by atoms with van der Waals surface area (Å²) in [6.07, 6.45) is 1.19. The van der Waals surface area contributed by atoms with E-state index < -0.39 is 19.9 Å². The second kappa shape index (κ2) is 7.81. The van der Waals surface area contributed by atoms with E-state index in [2.05, 4.69) is 0 Å². The summed E-state index contributed by atoms with van der Waals surface area (Å²) >= 11 is 0. The molecule has 7 heteroatoms. The molecule has 0 amide bonds. The Hall–Kier alpha value is -1.86. The van der Waals surface area contributed by atoms with Crippen LogP contribution in [0, 0.1) is 0 Å². The van der Waals surface area contributed by atoms with Crippen LogP contribution in [0.3, 0.4) is 0 Å². The van der Waals surface area contributed by atoms with Crippen LogP contribution in [-0.2, 0) is 26.4 Å². The van der Waals surface area contributed by atoms with E-state index >= 15 is 0 Å². The second-order valence-electron chi connectivity index (χ2n) is 5.63. The van der Waals surface area contributed by atoms with Gasteiger partial charge in [-0.25, -0.2) is 16.8 Å². The number of benzene rings is 2. The predicted molar refractivity (Wildman–Crippen MR) is 97.2 cm³/mol. The zero-order valence-electron chi connectivity index (χ0n) is 13.5. The number of nitrogens with zero attached hydrogens (tertiary/aromatic N) is 1. The van der Waals surface area contributed by atoms with Crippen molar-refractivity contribution in [3.63, 3.8) is 0 Å². The molecule has 0 N–H and O–H groups in total. The van der Waals surface area contributed by atoms with Crippen LogP contribution < -0.4 is 4.31 Å². The lowest BCUT2D eigenvalue weighted by molar-refractivity contribution is 0.587. The summed E-state index contributed by atoms with van der Waals surface area (Å²) in [5.74, 6) is -0.345. The summed E-state index contributed by atoms with van der Waals surface area (Å²) in [5.41, 5.74) is 1.44. The van der Waals surface area contributed by atoms with Crippen molar-refractivity contribution in [1.82, 2.24) is 0 Å². The van der Waals surface area contributed by atoms with Gasteiger partial charge >= 0.3 is 0 Å². The van der Waals surface area contributed by atoms with Crippen LogP contribution in [0.2, 0.25) is 0 Å². The highest BCUT2D eigenvalue weighted by atomic mass is 32.2. The van der Waals surface area contributed by atoms with Gasteiger partial charge in [0.2, 0.25) is 10.0 Å². The summed E-state index contributed by atoms with van der Waals surface area (Å²) in [6, 6.07) is 18.2. The predicted octanol–water partition coefficient (Wildman–Crippen LogP) is 2.46. The van der Waals surface area contributed by atoms with E-state index in [1.54, 1.807) is 24.3 Å². The minimum Gasteiger partial charge on any atom is -0.266 e. The third-order valence-electron chi connectivity index (χ3n) is 3.47. The Labute approximate surface area is 143 Å². The Balaban J connectivity index is 2.24. The molecule has 0 aliphatic rings. The van der Waals surface area contributed by atoms with Crippen molar-refractivity contribution >= 4 is 25.5 Å². The smallest absolute Gasteiger partial charge is 0.235 e. The van der Waals surface area contributed by atoms with Gasteiger partial charge in [0.05, 0.1) is 23.7 Å². The van der Waals surface area contributed by atoms with Gasteiger partial charge < -0.3 is 0 Å². The average Bonchev–Trinajstić information content (AvgIpc) is 2.53. The molecule has 0 aromatic heterocycles. The average molecular weight is 367 g/mol. The number of hydrogen-bond donors (Lipinski definition) is 0. The van der Waals surface area contributed by atoms with Crippen LogP contribution in [0.1, 0.15) is 12.0 Å². The van der Waals surface area contributed by atoms with Gasteiger partial charge in [-0.2, -0.15) is 0 Å².